The number of hydrogen-bond acceptors (Lipinski definition) is 2. The molecule has 0 aliphatic rings. The van der Waals surface area contributed by atoms with E-state index in [-0.39, 0.29) is 5.91 Å². The third-order valence-corrected chi connectivity index (χ3v) is 3.94. The minimum Gasteiger partial charge on any atom is -0.370 e. The predicted molar refractivity (Wildman–Crippen MR) is 95.6 cm³/mol. The molecule has 3 heteroatoms. The van der Waals surface area contributed by atoms with Crippen molar-refractivity contribution in [2.45, 2.75) is 38.5 Å². The molecule has 0 aliphatic heterocycles. The fourth-order valence-corrected chi connectivity index (χ4v) is 2.59. The van der Waals surface area contributed by atoms with E-state index in [4.69, 9.17) is 11.1 Å². The van der Waals surface area contributed by atoms with E-state index in [1.54, 1.807) is 0 Å². The molecule has 0 atom stereocenters. The zero-order valence-electron chi connectivity index (χ0n) is 13.4. The first-order valence-corrected chi connectivity index (χ1v) is 8.18. The number of benzene rings is 2. The van der Waals surface area contributed by atoms with Gasteiger partial charge in [0.2, 0.25) is 5.91 Å². The molecule has 0 saturated heterocycles. The molecule has 0 heterocycles. The molecule has 0 aliphatic carbocycles. The van der Waals surface area contributed by atoms with Crippen LogP contribution in [0.25, 0.3) is 11.1 Å². The molecule has 0 aromatic heterocycles. The monoisotopic (exact) mass is 308 g/mol. The van der Waals surface area contributed by atoms with Gasteiger partial charge < -0.3 is 11.1 Å². The number of nitrogens with two attached hydrogens (primary N) is 1. The molecule has 0 radical (unpaired) electrons. The second kappa shape index (κ2) is 8.89. The van der Waals surface area contributed by atoms with Crippen LogP contribution in [0.2, 0.25) is 0 Å². The minimum atomic E-state index is -0.226. The average molecular weight is 308 g/mol. The van der Waals surface area contributed by atoms with Crippen molar-refractivity contribution >= 4 is 11.6 Å². The van der Waals surface area contributed by atoms with Gasteiger partial charge in [0.05, 0.1) is 0 Å². The lowest BCUT2D eigenvalue weighted by Crippen LogP contribution is -2.09. The van der Waals surface area contributed by atoms with Crippen LogP contribution >= 0.6 is 0 Å². The summed E-state index contributed by atoms with van der Waals surface area (Å²) in [6, 6.07) is 18.5. The Bertz CT molecular complexity index is 632. The highest BCUT2D eigenvalue weighted by Gasteiger charge is 2.03. The van der Waals surface area contributed by atoms with Crippen molar-refractivity contribution in [3.8, 4) is 11.1 Å². The second-order valence-corrected chi connectivity index (χ2v) is 5.80. The van der Waals surface area contributed by atoms with Crippen LogP contribution in [0.1, 0.15) is 44.1 Å². The van der Waals surface area contributed by atoms with E-state index in [0.29, 0.717) is 12.1 Å². The van der Waals surface area contributed by atoms with E-state index >= 15 is 0 Å². The van der Waals surface area contributed by atoms with Gasteiger partial charge >= 0.3 is 0 Å². The second-order valence-electron chi connectivity index (χ2n) is 5.80. The summed E-state index contributed by atoms with van der Waals surface area (Å²) in [6.07, 6.45) is 5.13. The lowest BCUT2D eigenvalue weighted by molar-refractivity contribution is -0.118. The molecule has 3 nitrogen and oxygen atoms in total. The van der Waals surface area contributed by atoms with Crippen LogP contribution in [-0.2, 0) is 4.79 Å². The highest BCUT2D eigenvalue weighted by Crippen LogP contribution is 2.20. The molecular formula is C20H24N2O. The zero-order chi connectivity index (χ0) is 16.5. The summed E-state index contributed by atoms with van der Waals surface area (Å²) in [6.45, 7) is 0. The van der Waals surface area contributed by atoms with Gasteiger partial charge in [-0.3, -0.25) is 4.79 Å². The van der Waals surface area contributed by atoms with Gasteiger partial charge in [-0.15, -0.1) is 0 Å². The molecule has 1 amide bonds. The van der Waals surface area contributed by atoms with Gasteiger partial charge in [-0.1, -0.05) is 67.4 Å². The Kier molecular flexibility index (Phi) is 6.55. The fourth-order valence-electron chi connectivity index (χ4n) is 2.59. The summed E-state index contributed by atoms with van der Waals surface area (Å²) in [7, 11) is 0. The Morgan fingerprint density at radius 3 is 1.96 bits per heavy atom. The quantitative estimate of drug-likeness (QED) is 0.518. The number of carbonyl (C=O) groups is 1. The van der Waals surface area contributed by atoms with Gasteiger partial charge in [-0.25, -0.2) is 0 Å². The number of primary amides is 1. The molecule has 23 heavy (non-hydrogen) atoms. The average Bonchev–Trinajstić information content (AvgIpc) is 2.58. The smallest absolute Gasteiger partial charge is 0.217 e. The van der Waals surface area contributed by atoms with Gasteiger partial charge in [0.25, 0.3) is 0 Å². The fraction of sp³-hybridized carbons (Fsp3) is 0.300. The van der Waals surface area contributed by atoms with Crippen molar-refractivity contribution in [1.82, 2.24) is 0 Å². The van der Waals surface area contributed by atoms with Crippen molar-refractivity contribution in [3.63, 3.8) is 0 Å². The van der Waals surface area contributed by atoms with Crippen LogP contribution in [0.4, 0.5) is 0 Å². The maximum atomic E-state index is 10.6. The van der Waals surface area contributed by atoms with E-state index in [9.17, 15) is 4.79 Å². The Labute approximate surface area is 138 Å². The predicted octanol–water partition coefficient (Wildman–Crippen LogP) is 4.55. The van der Waals surface area contributed by atoms with Gasteiger partial charge in [0, 0.05) is 12.1 Å². The molecular weight excluding hydrogens is 284 g/mol. The van der Waals surface area contributed by atoms with Crippen molar-refractivity contribution < 1.29 is 4.79 Å². The third-order valence-electron chi connectivity index (χ3n) is 3.94. The SMILES string of the molecule is N=C(CCCCCCC(N)=O)c1ccc(-c2ccccc2)cc1. The van der Waals surface area contributed by atoms with Gasteiger partial charge in [-0.05, 0) is 36.0 Å². The molecule has 0 saturated carbocycles. The number of carbonyl (C=O) groups excluding carboxylic acids is 1. The molecule has 3 N–H and O–H groups in total. The van der Waals surface area contributed by atoms with E-state index < -0.39 is 0 Å². The summed E-state index contributed by atoms with van der Waals surface area (Å²) < 4.78 is 0. The molecule has 2 aromatic rings. The zero-order valence-corrected chi connectivity index (χ0v) is 13.4. The first-order valence-electron chi connectivity index (χ1n) is 8.18. The van der Waals surface area contributed by atoms with E-state index in [2.05, 4.69) is 24.3 Å². The molecule has 0 fully saturated rings. The van der Waals surface area contributed by atoms with Crippen molar-refractivity contribution in [2.75, 3.05) is 0 Å². The molecule has 2 aromatic carbocycles. The van der Waals surface area contributed by atoms with Gasteiger partial charge in [0.15, 0.2) is 0 Å². The van der Waals surface area contributed by atoms with Crippen LogP contribution < -0.4 is 5.73 Å². The highest BCUT2D eigenvalue weighted by atomic mass is 16.1. The largest absolute Gasteiger partial charge is 0.370 e. The lowest BCUT2D eigenvalue weighted by Gasteiger charge is -2.06. The van der Waals surface area contributed by atoms with Crippen LogP contribution in [0, 0.1) is 5.41 Å². The summed E-state index contributed by atoms with van der Waals surface area (Å²) in [5.41, 5.74) is 9.15. The molecule has 120 valence electrons. The van der Waals surface area contributed by atoms with Gasteiger partial charge in [0.1, 0.15) is 0 Å². The summed E-state index contributed by atoms with van der Waals surface area (Å²) >= 11 is 0. The number of rotatable bonds is 9. The highest BCUT2D eigenvalue weighted by molar-refractivity contribution is 5.98. The number of unbranched alkanes of at least 4 members (excludes halogenated alkanes) is 3. The van der Waals surface area contributed by atoms with E-state index in [1.165, 1.54) is 11.1 Å². The summed E-state index contributed by atoms with van der Waals surface area (Å²) in [4.78, 5) is 10.6. The van der Waals surface area contributed by atoms with Crippen molar-refractivity contribution in [3.05, 3.63) is 60.2 Å². The summed E-state index contributed by atoms with van der Waals surface area (Å²) in [5, 5.41) is 8.18. The van der Waals surface area contributed by atoms with E-state index in [0.717, 1.165) is 37.7 Å². The molecule has 0 unspecified atom stereocenters. The minimum absolute atomic E-state index is 0.226. The third kappa shape index (κ3) is 5.70. The lowest BCUT2D eigenvalue weighted by atomic mass is 9.99. The van der Waals surface area contributed by atoms with Crippen molar-refractivity contribution in [1.29, 1.82) is 5.41 Å². The Balaban J connectivity index is 1.78. The maximum Gasteiger partial charge on any atom is 0.217 e. The maximum absolute atomic E-state index is 10.6. The Morgan fingerprint density at radius 1 is 0.783 bits per heavy atom. The Hall–Kier alpha value is -2.42. The van der Waals surface area contributed by atoms with Crippen LogP contribution in [0.15, 0.2) is 54.6 Å². The number of nitrogens with one attached hydrogen (secondary N) is 1. The molecule has 2 rings (SSSR count). The standard InChI is InChI=1S/C20H24N2O/c21-19(10-6-1-2-7-11-20(22)23)18-14-12-17(13-15-18)16-8-4-3-5-9-16/h3-5,8-9,12-15,21H,1-2,6-7,10-11H2,(H2,22,23). The van der Waals surface area contributed by atoms with Crippen LogP contribution in [0.5, 0.6) is 0 Å². The van der Waals surface area contributed by atoms with Crippen LogP contribution in [0.3, 0.4) is 0 Å². The van der Waals surface area contributed by atoms with Crippen LogP contribution in [-0.4, -0.2) is 11.6 Å². The summed E-state index contributed by atoms with van der Waals surface area (Å²) in [5.74, 6) is -0.226. The topological polar surface area (TPSA) is 66.9 Å². The first kappa shape index (κ1) is 16.9. The number of amides is 1. The van der Waals surface area contributed by atoms with E-state index in [1.807, 2.05) is 30.3 Å². The first-order chi connectivity index (χ1) is 11.2. The normalized spacial score (nSPS) is 10.4. The molecule has 0 spiro atoms. The van der Waals surface area contributed by atoms with Crippen molar-refractivity contribution in [2.24, 2.45) is 5.73 Å². The Morgan fingerprint density at radius 2 is 1.35 bits per heavy atom. The molecule has 0 bridgehead atoms. The van der Waals surface area contributed by atoms with Gasteiger partial charge in [-0.2, -0.15) is 0 Å². The number of hydrogen-bond donors (Lipinski definition) is 2.